The van der Waals surface area contributed by atoms with Crippen LogP contribution in [0.15, 0.2) is 0 Å². The average Bonchev–Trinajstić information content (AvgIpc) is 2.14. The maximum absolute atomic E-state index is 10.3. The smallest absolute Gasteiger partial charge is 0.264 e. The molecule has 0 aromatic carbocycles. The van der Waals surface area contributed by atoms with Gasteiger partial charge in [0, 0.05) is 6.61 Å². The second-order valence-corrected chi connectivity index (χ2v) is 4.91. The van der Waals surface area contributed by atoms with Crippen LogP contribution in [0.4, 0.5) is 0 Å². The Morgan fingerprint density at radius 1 is 1.27 bits per heavy atom. The summed E-state index contributed by atoms with van der Waals surface area (Å²) in [5.41, 5.74) is 0. The van der Waals surface area contributed by atoms with Gasteiger partial charge in [0.05, 0.1) is 25.1 Å². The Morgan fingerprint density at radius 3 is 2.47 bits per heavy atom. The largest absolute Gasteiger partial charge is 0.379 e. The Labute approximate surface area is 91.5 Å². The molecule has 0 saturated heterocycles. The average molecular weight is 240 g/mol. The lowest BCUT2D eigenvalue weighted by Gasteiger charge is -2.10. The molecule has 0 aromatic rings. The summed E-state index contributed by atoms with van der Waals surface area (Å²) >= 11 is 0. The lowest BCUT2D eigenvalue weighted by molar-refractivity contribution is 0.0114. The van der Waals surface area contributed by atoms with Crippen LogP contribution >= 0.6 is 0 Å². The van der Waals surface area contributed by atoms with E-state index < -0.39 is 10.1 Å². The summed E-state index contributed by atoms with van der Waals surface area (Å²) in [6, 6.07) is 0. The van der Waals surface area contributed by atoms with Crippen LogP contribution < -0.4 is 0 Å². The molecule has 1 N–H and O–H groups in total. The minimum Gasteiger partial charge on any atom is -0.379 e. The predicted octanol–water partition coefficient (Wildman–Crippen LogP) is 1.10. The predicted molar refractivity (Wildman–Crippen MR) is 57.6 cm³/mol. The van der Waals surface area contributed by atoms with E-state index >= 15 is 0 Å². The van der Waals surface area contributed by atoms with E-state index in [-0.39, 0.29) is 11.9 Å². The van der Waals surface area contributed by atoms with Crippen LogP contribution in [-0.4, -0.2) is 44.6 Å². The zero-order valence-corrected chi connectivity index (χ0v) is 10.1. The maximum atomic E-state index is 10.3. The monoisotopic (exact) mass is 240 g/mol. The SMILES string of the molecule is CCC(C)OCCOCCCS(=O)(=O)O. The molecule has 0 aromatic heterocycles. The van der Waals surface area contributed by atoms with Gasteiger partial charge in [-0.25, -0.2) is 0 Å². The van der Waals surface area contributed by atoms with E-state index in [2.05, 4.69) is 0 Å². The van der Waals surface area contributed by atoms with Crippen LogP contribution in [0, 0.1) is 0 Å². The molecule has 0 saturated carbocycles. The Kier molecular flexibility index (Phi) is 7.95. The van der Waals surface area contributed by atoms with Gasteiger partial charge in [0.25, 0.3) is 10.1 Å². The van der Waals surface area contributed by atoms with Crippen molar-refractivity contribution in [2.45, 2.75) is 32.8 Å². The van der Waals surface area contributed by atoms with Crippen molar-refractivity contribution in [1.29, 1.82) is 0 Å². The van der Waals surface area contributed by atoms with Crippen LogP contribution in [-0.2, 0) is 19.6 Å². The van der Waals surface area contributed by atoms with Gasteiger partial charge >= 0.3 is 0 Å². The summed E-state index contributed by atoms with van der Waals surface area (Å²) in [5, 5.41) is 0. The van der Waals surface area contributed by atoms with E-state index in [0.29, 0.717) is 26.2 Å². The van der Waals surface area contributed by atoms with Crippen LogP contribution in [0.25, 0.3) is 0 Å². The summed E-state index contributed by atoms with van der Waals surface area (Å²) in [6.45, 7) is 5.32. The molecule has 0 heterocycles. The van der Waals surface area contributed by atoms with E-state index in [1.54, 1.807) is 0 Å². The van der Waals surface area contributed by atoms with Crippen molar-refractivity contribution >= 4 is 10.1 Å². The first-order valence-corrected chi connectivity index (χ1v) is 6.71. The van der Waals surface area contributed by atoms with Crippen molar-refractivity contribution in [3.05, 3.63) is 0 Å². The molecule has 0 fully saturated rings. The van der Waals surface area contributed by atoms with Crippen LogP contribution in [0.5, 0.6) is 0 Å². The highest BCUT2D eigenvalue weighted by Gasteiger charge is 2.03. The topological polar surface area (TPSA) is 72.8 Å². The highest BCUT2D eigenvalue weighted by Crippen LogP contribution is 1.95. The maximum Gasteiger partial charge on any atom is 0.264 e. The van der Waals surface area contributed by atoms with Gasteiger partial charge in [0.1, 0.15) is 0 Å². The molecule has 0 amide bonds. The van der Waals surface area contributed by atoms with Gasteiger partial charge in [-0.3, -0.25) is 4.55 Å². The first kappa shape index (κ1) is 14.8. The minimum absolute atomic E-state index is 0.228. The van der Waals surface area contributed by atoms with Crippen LogP contribution in [0.1, 0.15) is 26.7 Å². The quantitative estimate of drug-likeness (QED) is 0.482. The molecule has 0 aliphatic rings. The molecule has 5 nitrogen and oxygen atoms in total. The van der Waals surface area contributed by atoms with Crippen LogP contribution in [0.2, 0.25) is 0 Å². The van der Waals surface area contributed by atoms with Gasteiger partial charge in [-0.2, -0.15) is 8.42 Å². The molecule has 0 spiro atoms. The first-order valence-electron chi connectivity index (χ1n) is 5.10. The molecule has 0 aliphatic heterocycles. The van der Waals surface area contributed by atoms with Gasteiger partial charge in [0.15, 0.2) is 0 Å². The minimum atomic E-state index is -3.85. The van der Waals surface area contributed by atoms with Crippen molar-refractivity contribution in [1.82, 2.24) is 0 Å². The fourth-order valence-electron chi connectivity index (χ4n) is 0.872. The standard InChI is InChI=1S/C9H20O5S/c1-3-9(2)14-7-6-13-5-4-8-15(10,11)12/h9H,3-8H2,1-2H3,(H,10,11,12). The van der Waals surface area contributed by atoms with E-state index in [9.17, 15) is 8.42 Å². The molecule has 0 aliphatic carbocycles. The van der Waals surface area contributed by atoms with E-state index in [1.807, 2.05) is 13.8 Å². The molecular weight excluding hydrogens is 220 g/mol. The molecular formula is C9H20O5S. The van der Waals surface area contributed by atoms with E-state index in [1.165, 1.54) is 0 Å². The van der Waals surface area contributed by atoms with Gasteiger partial charge in [-0.1, -0.05) is 6.92 Å². The molecule has 6 heteroatoms. The van der Waals surface area contributed by atoms with Gasteiger partial charge < -0.3 is 9.47 Å². The van der Waals surface area contributed by atoms with Crippen molar-refractivity contribution in [3.8, 4) is 0 Å². The second-order valence-electron chi connectivity index (χ2n) is 3.34. The Morgan fingerprint density at radius 2 is 1.93 bits per heavy atom. The summed E-state index contributed by atoms with van der Waals surface area (Å²) in [4.78, 5) is 0. The lowest BCUT2D eigenvalue weighted by Crippen LogP contribution is -2.13. The summed E-state index contributed by atoms with van der Waals surface area (Å²) in [7, 11) is -3.85. The molecule has 1 atom stereocenters. The van der Waals surface area contributed by atoms with Crippen LogP contribution in [0.3, 0.4) is 0 Å². The summed E-state index contributed by atoms with van der Waals surface area (Å²) in [5.74, 6) is -0.251. The number of rotatable bonds is 9. The third-order valence-electron chi connectivity index (χ3n) is 1.90. The van der Waals surface area contributed by atoms with Crippen molar-refractivity contribution in [2.75, 3.05) is 25.6 Å². The highest BCUT2D eigenvalue weighted by atomic mass is 32.2. The van der Waals surface area contributed by atoms with Crippen molar-refractivity contribution in [2.24, 2.45) is 0 Å². The van der Waals surface area contributed by atoms with Crippen molar-refractivity contribution in [3.63, 3.8) is 0 Å². The second kappa shape index (κ2) is 8.04. The molecule has 15 heavy (non-hydrogen) atoms. The molecule has 0 bridgehead atoms. The molecule has 0 radical (unpaired) electrons. The normalized spacial score (nSPS) is 14.1. The Hall–Kier alpha value is -0.170. The van der Waals surface area contributed by atoms with Gasteiger partial charge in [0.2, 0.25) is 0 Å². The third-order valence-corrected chi connectivity index (χ3v) is 2.70. The van der Waals surface area contributed by atoms with E-state index in [4.69, 9.17) is 14.0 Å². The van der Waals surface area contributed by atoms with Gasteiger partial charge in [-0.15, -0.1) is 0 Å². The summed E-state index contributed by atoms with van der Waals surface area (Å²) < 4.78 is 39.5. The lowest BCUT2D eigenvalue weighted by atomic mass is 10.3. The highest BCUT2D eigenvalue weighted by molar-refractivity contribution is 7.85. The number of hydrogen-bond acceptors (Lipinski definition) is 4. The van der Waals surface area contributed by atoms with Crippen molar-refractivity contribution < 1.29 is 22.4 Å². The first-order chi connectivity index (χ1) is 6.95. The van der Waals surface area contributed by atoms with E-state index in [0.717, 1.165) is 6.42 Å². The number of ether oxygens (including phenoxy) is 2. The zero-order chi connectivity index (χ0) is 11.7. The fourth-order valence-corrected chi connectivity index (χ4v) is 1.35. The third kappa shape index (κ3) is 11.8. The summed E-state index contributed by atoms with van der Waals surface area (Å²) in [6.07, 6.45) is 1.50. The molecule has 0 rings (SSSR count). The fraction of sp³-hybridized carbons (Fsp3) is 1.00. The van der Waals surface area contributed by atoms with Gasteiger partial charge in [-0.05, 0) is 19.8 Å². The zero-order valence-electron chi connectivity index (χ0n) is 9.31. The molecule has 1 unspecified atom stereocenters. The Balaban J connectivity index is 3.19. The Bertz CT molecular complexity index is 237. The number of hydrogen-bond donors (Lipinski definition) is 1. The molecule has 92 valence electrons.